The van der Waals surface area contributed by atoms with Crippen molar-refractivity contribution in [2.24, 2.45) is 0 Å². The summed E-state index contributed by atoms with van der Waals surface area (Å²) in [6, 6.07) is -0.694. The van der Waals surface area contributed by atoms with E-state index in [4.69, 9.17) is 6.42 Å². The zero-order valence-electron chi connectivity index (χ0n) is 11.7. The van der Waals surface area contributed by atoms with Gasteiger partial charge in [-0.15, -0.1) is 6.42 Å². The topological polar surface area (TPSA) is 49.4 Å². The third-order valence-corrected chi connectivity index (χ3v) is 4.40. The monoisotopic (exact) mass is 262 g/mol. The maximum atomic E-state index is 12.8. The summed E-state index contributed by atoms with van der Waals surface area (Å²) in [5.41, 5.74) is -0.674. The molecule has 2 aliphatic rings. The highest BCUT2D eigenvalue weighted by Gasteiger charge is 2.52. The van der Waals surface area contributed by atoms with Crippen molar-refractivity contribution in [2.45, 2.75) is 70.0 Å². The molecular weight excluding hydrogens is 240 g/mol. The Hall–Kier alpha value is -1.50. The van der Waals surface area contributed by atoms with Crippen LogP contribution in [0.3, 0.4) is 0 Å². The quantitative estimate of drug-likeness (QED) is 0.783. The first kappa shape index (κ1) is 13.9. The van der Waals surface area contributed by atoms with Crippen molar-refractivity contribution >= 4 is 11.8 Å². The van der Waals surface area contributed by atoms with E-state index in [0.29, 0.717) is 12.8 Å². The first-order valence-electron chi connectivity index (χ1n) is 7.20. The number of terminal acetylenes is 1. The van der Waals surface area contributed by atoms with Gasteiger partial charge in [0.25, 0.3) is 0 Å². The Kier molecular flexibility index (Phi) is 3.84. The van der Waals surface area contributed by atoms with Crippen molar-refractivity contribution in [1.29, 1.82) is 0 Å². The molecule has 19 heavy (non-hydrogen) atoms. The van der Waals surface area contributed by atoms with Gasteiger partial charge in [-0.05, 0) is 25.7 Å². The Morgan fingerprint density at radius 3 is 2.53 bits per heavy atom. The van der Waals surface area contributed by atoms with Gasteiger partial charge in [0.2, 0.25) is 11.8 Å². The zero-order chi connectivity index (χ0) is 14.0. The molecule has 1 aliphatic carbocycles. The normalized spacial score (nSPS) is 27.2. The van der Waals surface area contributed by atoms with E-state index in [-0.39, 0.29) is 17.9 Å². The third-order valence-electron chi connectivity index (χ3n) is 4.40. The number of rotatable bonds is 3. The van der Waals surface area contributed by atoms with E-state index in [0.717, 1.165) is 25.7 Å². The van der Waals surface area contributed by atoms with Crippen molar-refractivity contribution in [2.75, 3.05) is 0 Å². The molecule has 0 aromatic rings. The Labute approximate surface area is 114 Å². The molecule has 0 radical (unpaired) electrons. The summed E-state index contributed by atoms with van der Waals surface area (Å²) in [7, 11) is 0. The van der Waals surface area contributed by atoms with Crippen LogP contribution in [-0.2, 0) is 9.59 Å². The van der Waals surface area contributed by atoms with Crippen LogP contribution in [0.15, 0.2) is 0 Å². The van der Waals surface area contributed by atoms with Crippen LogP contribution >= 0.6 is 0 Å². The maximum absolute atomic E-state index is 12.8. The highest BCUT2D eigenvalue weighted by atomic mass is 16.2. The summed E-state index contributed by atoms with van der Waals surface area (Å²) in [6.45, 7) is 3.87. The maximum Gasteiger partial charge on any atom is 0.250 e. The van der Waals surface area contributed by atoms with E-state index in [1.54, 1.807) is 4.90 Å². The van der Waals surface area contributed by atoms with E-state index >= 15 is 0 Å². The predicted molar refractivity (Wildman–Crippen MR) is 73.2 cm³/mol. The van der Waals surface area contributed by atoms with Crippen molar-refractivity contribution in [3.8, 4) is 12.3 Å². The second-order valence-electron chi connectivity index (χ2n) is 5.51. The summed E-state index contributed by atoms with van der Waals surface area (Å²) < 4.78 is 0. The molecule has 4 heteroatoms. The second-order valence-corrected chi connectivity index (χ2v) is 5.51. The van der Waals surface area contributed by atoms with Crippen LogP contribution in [0.4, 0.5) is 0 Å². The van der Waals surface area contributed by atoms with E-state index in [1.807, 2.05) is 13.8 Å². The van der Waals surface area contributed by atoms with Gasteiger partial charge in [0, 0.05) is 0 Å². The van der Waals surface area contributed by atoms with Crippen molar-refractivity contribution in [3.05, 3.63) is 0 Å². The highest BCUT2D eigenvalue weighted by molar-refractivity contribution is 6.00. The van der Waals surface area contributed by atoms with Crippen LogP contribution < -0.4 is 5.32 Å². The average Bonchev–Trinajstić information content (AvgIpc) is 2.86. The number of carbonyl (C=O) groups excluding carboxylic acids is 2. The Bertz CT molecular complexity index is 418. The summed E-state index contributed by atoms with van der Waals surface area (Å²) in [5.74, 6) is 2.65. The lowest BCUT2D eigenvalue weighted by molar-refractivity contribution is -0.156. The number of nitrogens with one attached hydrogen (secondary N) is 1. The van der Waals surface area contributed by atoms with Gasteiger partial charge >= 0.3 is 0 Å². The number of hydrogen-bond donors (Lipinski definition) is 1. The highest BCUT2D eigenvalue weighted by Crippen LogP contribution is 2.36. The van der Waals surface area contributed by atoms with Gasteiger partial charge in [-0.3, -0.25) is 9.59 Å². The Balaban J connectivity index is 2.37. The van der Waals surface area contributed by atoms with Crippen LogP contribution in [-0.4, -0.2) is 34.3 Å². The van der Waals surface area contributed by atoms with Crippen molar-refractivity contribution < 1.29 is 9.59 Å². The minimum absolute atomic E-state index is 0.0289. The van der Waals surface area contributed by atoms with Crippen LogP contribution in [0, 0.1) is 12.3 Å². The van der Waals surface area contributed by atoms with Gasteiger partial charge in [-0.25, -0.2) is 0 Å². The molecule has 4 nitrogen and oxygen atoms in total. The minimum atomic E-state index is -0.674. The SMILES string of the molecule is C#CC(CC)N1C(=O)C2(CCCC2)NC(=O)C1CC. The lowest BCUT2D eigenvalue weighted by Crippen LogP contribution is -2.70. The molecule has 1 N–H and O–H groups in total. The van der Waals surface area contributed by atoms with E-state index < -0.39 is 11.6 Å². The molecule has 2 fully saturated rings. The van der Waals surface area contributed by atoms with Crippen molar-refractivity contribution in [1.82, 2.24) is 10.2 Å². The fourth-order valence-corrected chi connectivity index (χ4v) is 3.34. The molecule has 1 heterocycles. The molecule has 1 saturated heterocycles. The van der Waals surface area contributed by atoms with E-state index in [2.05, 4.69) is 11.2 Å². The molecular formula is C15H22N2O2. The van der Waals surface area contributed by atoms with Gasteiger partial charge in [-0.2, -0.15) is 0 Å². The molecule has 2 amide bonds. The molecule has 1 aliphatic heterocycles. The molecule has 0 aromatic heterocycles. The van der Waals surface area contributed by atoms with Crippen LogP contribution in [0.1, 0.15) is 52.4 Å². The fourth-order valence-electron chi connectivity index (χ4n) is 3.34. The Morgan fingerprint density at radius 2 is 2.05 bits per heavy atom. The molecule has 2 atom stereocenters. The molecule has 2 rings (SSSR count). The minimum Gasteiger partial charge on any atom is -0.340 e. The van der Waals surface area contributed by atoms with Crippen molar-refractivity contribution in [3.63, 3.8) is 0 Å². The lowest BCUT2D eigenvalue weighted by Gasteiger charge is -2.46. The smallest absolute Gasteiger partial charge is 0.250 e. The molecule has 0 bridgehead atoms. The number of amides is 2. The summed E-state index contributed by atoms with van der Waals surface area (Å²) >= 11 is 0. The second kappa shape index (κ2) is 5.24. The standard InChI is InChI=1S/C15H22N2O2/c1-4-11(5-2)17-12(6-3)13(18)16-15(14(17)19)9-7-8-10-15/h1,11-12H,5-10H2,2-3H3,(H,16,18). The molecule has 104 valence electrons. The average molecular weight is 262 g/mol. The Morgan fingerprint density at radius 1 is 1.42 bits per heavy atom. The molecule has 1 spiro atoms. The molecule has 1 saturated carbocycles. The summed E-state index contributed by atoms with van der Waals surface area (Å²) in [5, 5.41) is 2.98. The van der Waals surface area contributed by atoms with Gasteiger partial charge in [0.1, 0.15) is 11.6 Å². The zero-order valence-corrected chi connectivity index (χ0v) is 11.7. The van der Waals surface area contributed by atoms with E-state index in [1.165, 1.54) is 0 Å². The summed E-state index contributed by atoms with van der Waals surface area (Å²) in [4.78, 5) is 26.8. The number of piperazine rings is 1. The van der Waals surface area contributed by atoms with E-state index in [9.17, 15) is 9.59 Å². The van der Waals surface area contributed by atoms with Crippen LogP contribution in [0.2, 0.25) is 0 Å². The van der Waals surface area contributed by atoms with Gasteiger partial charge < -0.3 is 10.2 Å². The predicted octanol–water partition coefficient (Wildman–Crippen LogP) is 1.45. The molecule has 2 unspecified atom stereocenters. The third kappa shape index (κ3) is 2.11. The van der Waals surface area contributed by atoms with Gasteiger partial charge in [0.05, 0.1) is 6.04 Å². The van der Waals surface area contributed by atoms with Gasteiger partial charge in [-0.1, -0.05) is 32.6 Å². The van der Waals surface area contributed by atoms with Gasteiger partial charge in [0.15, 0.2) is 0 Å². The number of nitrogens with zero attached hydrogens (tertiary/aromatic N) is 1. The largest absolute Gasteiger partial charge is 0.340 e. The fraction of sp³-hybridized carbons (Fsp3) is 0.733. The summed E-state index contributed by atoms with van der Waals surface area (Å²) in [6.07, 6.45) is 10.3. The molecule has 0 aromatic carbocycles. The lowest BCUT2D eigenvalue weighted by atomic mass is 9.88. The van der Waals surface area contributed by atoms with Crippen LogP contribution in [0.25, 0.3) is 0 Å². The first-order valence-corrected chi connectivity index (χ1v) is 7.20. The van der Waals surface area contributed by atoms with Crippen LogP contribution in [0.5, 0.6) is 0 Å². The first-order chi connectivity index (χ1) is 9.09. The number of hydrogen-bond acceptors (Lipinski definition) is 2. The number of carbonyl (C=O) groups is 2.